The molecule has 2 atom stereocenters. The first-order chi connectivity index (χ1) is 18.9. The molecule has 0 spiro atoms. The van der Waals surface area contributed by atoms with Crippen molar-refractivity contribution in [1.82, 2.24) is 4.98 Å². The highest BCUT2D eigenvalue weighted by atomic mass is 35.5. The third kappa shape index (κ3) is 5.30. The van der Waals surface area contributed by atoms with Crippen molar-refractivity contribution in [1.29, 1.82) is 0 Å². The number of carboxylic acids is 1. The van der Waals surface area contributed by atoms with Crippen LogP contribution in [0.2, 0.25) is 5.02 Å². The van der Waals surface area contributed by atoms with E-state index in [1.165, 1.54) is 56.5 Å². The van der Waals surface area contributed by atoms with Gasteiger partial charge in [0.2, 0.25) is 0 Å². The van der Waals surface area contributed by atoms with E-state index in [4.69, 9.17) is 21.4 Å². The van der Waals surface area contributed by atoms with Gasteiger partial charge in [0.25, 0.3) is 0 Å². The number of nitrogens with zero attached hydrogens (tertiary/aromatic N) is 1. The predicted octanol–water partition coefficient (Wildman–Crippen LogP) is 7.11. The lowest BCUT2D eigenvalue weighted by atomic mass is 9.77. The van der Waals surface area contributed by atoms with E-state index in [2.05, 4.69) is 4.98 Å². The highest BCUT2D eigenvalue weighted by Crippen LogP contribution is 2.49. The lowest BCUT2D eigenvalue weighted by Gasteiger charge is -2.36. The van der Waals surface area contributed by atoms with E-state index in [-0.39, 0.29) is 27.4 Å². The molecule has 0 saturated heterocycles. The molecule has 10 heteroatoms. The number of carbonyl (C=O) groups excluding carboxylic acids is 1. The summed E-state index contributed by atoms with van der Waals surface area (Å²) in [5, 5.41) is 20.6. The van der Waals surface area contributed by atoms with Gasteiger partial charge in [-0.1, -0.05) is 67.1 Å². The van der Waals surface area contributed by atoms with Crippen LogP contribution in [0.1, 0.15) is 44.7 Å². The minimum absolute atomic E-state index is 0.0141. The van der Waals surface area contributed by atoms with E-state index >= 15 is 0 Å². The quantitative estimate of drug-likeness (QED) is 0.230. The van der Waals surface area contributed by atoms with Crippen LogP contribution in [0.15, 0.2) is 85.1 Å². The molecule has 0 amide bonds. The van der Waals surface area contributed by atoms with E-state index in [0.29, 0.717) is 16.7 Å². The number of halogens is 4. The Labute approximate surface area is 232 Å². The molecule has 206 valence electrons. The summed E-state index contributed by atoms with van der Waals surface area (Å²) in [7, 11) is 1.22. The molecule has 6 nitrogen and oxygen atoms in total. The Morgan fingerprint density at radius 2 is 1.57 bits per heavy atom. The monoisotopic (exact) mass is 569 g/mol. The average molecular weight is 570 g/mol. The number of alkyl halides is 3. The van der Waals surface area contributed by atoms with Gasteiger partial charge in [0, 0.05) is 17.7 Å². The molecular weight excluding hydrogens is 547 g/mol. The summed E-state index contributed by atoms with van der Waals surface area (Å²) >= 11 is 6.20. The minimum Gasteiger partial charge on any atom is -0.478 e. The number of carboxylic acid groups (broad SMARTS) is 1. The van der Waals surface area contributed by atoms with Gasteiger partial charge in [0.15, 0.2) is 5.60 Å². The average Bonchev–Trinajstić information content (AvgIpc) is 2.95. The number of benzene rings is 3. The van der Waals surface area contributed by atoms with Crippen molar-refractivity contribution in [3.05, 3.63) is 112 Å². The molecule has 0 aliphatic carbocycles. The normalized spacial score (nSPS) is 13.8. The maximum absolute atomic E-state index is 14.6. The molecule has 2 N–H and O–H groups in total. The number of aliphatic hydroxyl groups is 1. The van der Waals surface area contributed by atoms with E-state index in [1.54, 1.807) is 24.3 Å². The zero-order valence-electron chi connectivity index (χ0n) is 21.2. The summed E-state index contributed by atoms with van der Waals surface area (Å²) in [5.41, 5.74) is -1.91. The first-order valence-corrected chi connectivity index (χ1v) is 12.3. The Bertz CT molecular complexity index is 1560. The first kappa shape index (κ1) is 28.8. The Kier molecular flexibility index (Phi) is 8.00. The number of methoxy groups -OCH3 is 1. The molecule has 0 aliphatic heterocycles. The second-order valence-corrected chi connectivity index (χ2v) is 9.48. The molecular formula is C30H23ClF3NO5. The Balaban J connectivity index is 1.73. The summed E-state index contributed by atoms with van der Waals surface area (Å²) in [6.45, 7) is 1.27. The number of hydrogen-bond acceptors (Lipinski definition) is 5. The van der Waals surface area contributed by atoms with Crippen LogP contribution in [0.3, 0.4) is 0 Å². The van der Waals surface area contributed by atoms with Gasteiger partial charge >= 0.3 is 18.1 Å². The summed E-state index contributed by atoms with van der Waals surface area (Å²) in [5.74, 6) is -3.25. The highest BCUT2D eigenvalue weighted by molar-refractivity contribution is 6.34. The topological polar surface area (TPSA) is 96.7 Å². The van der Waals surface area contributed by atoms with E-state index in [0.717, 1.165) is 18.3 Å². The largest absolute Gasteiger partial charge is 0.478 e. The second-order valence-electron chi connectivity index (χ2n) is 9.07. The lowest BCUT2D eigenvalue weighted by Crippen LogP contribution is -2.46. The molecule has 0 saturated carbocycles. The fourth-order valence-corrected chi connectivity index (χ4v) is 4.79. The molecule has 0 radical (unpaired) electrons. The van der Waals surface area contributed by atoms with Crippen LogP contribution in [0, 0.1) is 0 Å². The lowest BCUT2D eigenvalue weighted by molar-refractivity contribution is -0.274. The van der Waals surface area contributed by atoms with Crippen LogP contribution in [-0.4, -0.2) is 40.4 Å². The fraction of sp³-hybridized carbons (Fsp3) is 0.167. The van der Waals surface area contributed by atoms with E-state index in [1.807, 2.05) is 0 Å². The van der Waals surface area contributed by atoms with Gasteiger partial charge in [-0.15, -0.1) is 0 Å². The second kappa shape index (κ2) is 11.1. The van der Waals surface area contributed by atoms with Crippen LogP contribution in [0.5, 0.6) is 0 Å². The Morgan fingerprint density at radius 1 is 0.950 bits per heavy atom. The molecule has 4 aromatic rings. The zero-order valence-corrected chi connectivity index (χ0v) is 22.0. The van der Waals surface area contributed by atoms with Gasteiger partial charge in [0.1, 0.15) is 0 Å². The van der Waals surface area contributed by atoms with Crippen molar-refractivity contribution in [2.24, 2.45) is 0 Å². The third-order valence-electron chi connectivity index (χ3n) is 6.81. The number of pyridine rings is 1. The SMILES string of the molecule is COC(=O)c1c(Cl)cccc1-c1ccc(C(C)C(O)(c2ccnc(-c3ccc(C(=O)O)cc3)c2)C(F)(F)F)cc1. The van der Waals surface area contributed by atoms with Crippen molar-refractivity contribution in [2.75, 3.05) is 7.11 Å². The predicted molar refractivity (Wildman–Crippen MR) is 143 cm³/mol. The van der Waals surface area contributed by atoms with Gasteiger partial charge in [0.05, 0.1) is 29.0 Å². The molecule has 4 rings (SSSR count). The maximum atomic E-state index is 14.6. The number of aromatic nitrogens is 1. The van der Waals surface area contributed by atoms with Crippen molar-refractivity contribution >= 4 is 23.5 Å². The summed E-state index contributed by atoms with van der Waals surface area (Å²) in [6, 6.07) is 18.5. The van der Waals surface area contributed by atoms with Crippen molar-refractivity contribution in [3.8, 4) is 22.4 Å². The number of hydrogen-bond donors (Lipinski definition) is 2. The highest BCUT2D eigenvalue weighted by Gasteiger charge is 2.58. The first-order valence-electron chi connectivity index (χ1n) is 11.9. The van der Waals surface area contributed by atoms with Gasteiger partial charge in [-0.2, -0.15) is 13.2 Å². The van der Waals surface area contributed by atoms with Crippen LogP contribution < -0.4 is 0 Å². The summed E-state index contributed by atoms with van der Waals surface area (Å²) in [6.07, 6.45) is -3.91. The third-order valence-corrected chi connectivity index (χ3v) is 7.13. The number of aromatic carboxylic acids is 1. The van der Waals surface area contributed by atoms with E-state index in [9.17, 15) is 27.9 Å². The van der Waals surface area contributed by atoms with Crippen LogP contribution in [0.25, 0.3) is 22.4 Å². The smallest absolute Gasteiger partial charge is 0.422 e. The maximum Gasteiger partial charge on any atom is 0.422 e. The van der Waals surface area contributed by atoms with Crippen molar-refractivity contribution in [2.45, 2.75) is 24.6 Å². The van der Waals surface area contributed by atoms with Crippen molar-refractivity contribution < 1.29 is 37.7 Å². The van der Waals surface area contributed by atoms with Crippen LogP contribution >= 0.6 is 11.6 Å². The van der Waals surface area contributed by atoms with Gasteiger partial charge in [-0.25, -0.2) is 9.59 Å². The minimum atomic E-state index is -5.07. The molecule has 1 heterocycles. The summed E-state index contributed by atoms with van der Waals surface area (Å²) < 4.78 is 48.5. The van der Waals surface area contributed by atoms with Crippen molar-refractivity contribution in [3.63, 3.8) is 0 Å². The van der Waals surface area contributed by atoms with Gasteiger partial charge < -0.3 is 14.9 Å². The van der Waals surface area contributed by atoms with E-state index < -0.39 is 35.2 Å². The molecule has 40 heavy (non-hydrogen) atoms. The van der Waals surface area contributed by atoms with Gasteiger partial charge in [-0.05, 0) is 52.6 Å². The Hall–Kier alpha value is -4.21. The standard InChI is InChI=1S/C30H23ClF3NO5/c1-17(18-6-8-19(9-7-18)23-4-3-5-24(31)26(23)28(38)40-2)29(39,30(32,33)34)22-14-15-35-25(16-22)20-10-12-21(13-11-20)27(36)37/h3-17,39H,1-2H3,(H,36,37). The number of esters is 1. The zero-order chi connectivity index (χ0) is 29.2. The number of rotatable bonds is 7. The molecule has 0 fully saturated rings. The number of carbonyl (C=O) groups is 2. The molecule has 3 aromatic carbocycles. The fourth-order valence-electron chi connectivity index (χ4n) is 4.53. The van der Waals surface area contributed by atoms with Crippen LogP contribution in [-0.2, 0) is 10.3 Å². The summed E-state index contributed by atoms with van der Waals surface area (Å²) in [4.78, 5) is 27.5. The molecule has 0 aliphatic rings. The van der Waals surface area contributed by atoms with Gasteiger partial charge in [-0.3, -0.25) is 4.98 Å². The molecule has 0 bridgehead atoms. The number of ether oxygens (including phenoxy) is 1. The molecule has 1 aromatic heterocycles. The molecule has 2 unspecified atom stereocenters. The van der Waals surface area contributed by atoms with Crippen LogP contribution in [0.4, 0.5) is 13.2 Å². The Morgan fingerprint density at radius 3 is 2.15 bits per heavy atom.